The first-order valence-corrected chi connectivity index (χ1v) is 5.50. The molecule has 3 N–H and O–H groups in total. The maximum atomic E-state index is 11.7. The van der Waals surface area contributed by atoms with Crippen molar-refractivity contribution in [3.8, 4) is 0 Å². The summed E-state index contributed by atoms with van der Waals surface area (Å²) in [6.07, 6.45) is 0.0477. The van der Waals surface area contributed by atoms with Crippen LogP contribution in [-0.4, -0.2) is 63.2 Å². The molecule has 0 radical (unpaired) electrons. The van der Waals surface area contributed by atoms with Gasteiger partial charge < -0.3 is 25.2 Å². The highest BCUT2D eigenvalue weighted by Gasteiger charge is 2.23. The molecule has 1 heterocycles. The summed E-state index contributed by atoms with van der Waals surface area (Å²) in [7, 11) is 1.56. The summed E-state index contributed by atoms with van der Waals surface area (Å²) < 4.78 is 10.3. The summed E-state index contributed by atoms with van der Waals surface area (Å²) in [5.74, 6) is -0.150. The molecule has 0 aromatic rings. The van der Waals surface area contributed by atoms with Crippen molar-refractivity contribution < 1.29 is 19.4 Å². The largest absolute Gasteiger partial charge is 0.396 e. The van der Waals surface area contributed by atoms with E-state index in [2.05, 4.69) is 10.6 Å². The molecule has 0 aromatic carbocycles. The molecule has 2 unspecified atom stereocenters. The van der Waals surface area contributed by atoms with Crippen LogP contribution in [0.15, 0.2) is 0 Å². The highest BCUT2D eigenvalue weighted by atomic mass is 16.5. The average Bonchev–Trinajstić information content (AvgIpc) is 2.31. The molecule has 16 heavy (non-hydrogen) atoms. The first-order chi connectivity index (χ1) is 7.77. The van der Waals surface area contributed by atoms with Crippen LogP contribution in [0.2, 0.25) is 0 Å². The summed E-state index contributed by atoms with van der Waals surface area (Å²) in [4.78, 5) is 11.7. The lowest BCUT2D eigenvalue weighted by Gasteiger charge is -2.25. The number of aliphatic hydroxyl groups is 1. The number of rotatable bonds is 6. The van der Waals surface area contributed by atoms with Gasteiger partial charge in [0.25, 0.3) is 5.91 Å². The maximum Gasteiger partial charge on any atom is 0.250 e. The van der Waals surface area contributed by atoms with Crippen LogP contribution >= 0.6 is 0 Å². The molecular formula is C10H20N2O4. The van der Waals surface area contributed by atoms with Gasteiger partial charge in [-0.15, -0.1) is 0 Å². The van der Waals surface area contributed by atoms with E-state index in [0.29, 0.717) is 26.2 Å². The number of morpholine rings is 1. The van der Waals surface area contributed by atoms with Crippen LogP contribution in [0.25, 0.3) is 0 Å². The van der Waals surface area contributed by atoms with Gasteiger partial charge in [-0.25, -0.2) is 0 Å². The van der Waals surface area contributed by atoms with Gasteiger partial charge in [0.05, 0.1) is 19.3 Å². The van der Waals surface area contributed by atoms with Crippen molar-refractivity contribution in [2.75, 3.05) is 40.0 Å². The van der Waals surface area contributed by atoms with E-state index in [1.54, 1.807) is 7.11 Å². The molecule has 1 fully saturated rings. The van der Waals surface area contributed by atoms with Gasteiger partial charge in [-0.1, -0.05) is 0 Å². The Morgan fingerprint density at radius 3 is 3.12 bits per heavy atom. The Bertz CT molecular complexity index is 201. The molecule has 6 heteroatoms. The number of aliphatic hydroxyl groups excluding tert-OH is 1. The molecule has 94 valence electrons. The van der Waals surface area contributed by atoms with Crippen molar-refractivity contribution in [2.45, 2.75) is 18.6 Å². The molecule has 0 aliphatic carbocycles. The Labute approximate surface area is 95.3 Å². The first-order valence-electron chi connectivity index (χ1n) is 5.50. The van der Waals surface area contributed by atoms with Crippen molar-refractivity contribution in [1.29, 1.82) is 0 Å². The lowest BCUT2D eigenvalue weighted by molar-refractivity contribution is -0.135. The van der Waals surface area contributed by atoms with Crippen LogP contribution in [0.3, 0.4) is 0 Å². The van der Waals surface area contributed by atoms with Crippen molar-refractivity contribution in [3.05, 3.63) is 0 Å². The molecule has 1 saturated heterocycles. The summed E-state index contributed by atoms with van der Waals surface area (Å²) in [6, 6.07) is -0.159. The number of carbonyl (C=O) groups excluding carboxylic acids is 1. The molecular weight excluding hydrogens is 212 g/mol. The predicted octanol–water partition coefficient (Wildman–Crippen LogP) is -1.51. The fourth-order valence-corrected chi connectivity index (χ4v) is 1.58. The number of methoxy groups -OCH3 is 1. The predicted molar refractivity (Wildman–Crippen MR) is 58.1 cm³/mol. The summed E-state index contributed by atoms with van der Waals surface area (Å²) in [5, 5.41) is 14.7. The number of ether oxygens (including phenoxy) is 2. The second-order valence-electron chi connectivity index (χ2n) is 3.74. The SMILES string of the molecule is COCC(CCO)NC(=O)C1CNCCO1. The van der Waals surface area contributed by atoms with Gasteiger partial charge in [-0.3, -0.25) is 4.79 Å². The molecule has 0 aromatic heterocycles. The van der Waals surface area contributed by atoms with Gasteiger partial charge in [0.2, 0.25) is 0 Å². The van der Waals surface area contributed by atoms with Crippen molar-refractivity contribution in [2.24, 2.45) is 0 Å². The Morgan fingerprint density at radius 2 is 2.56 bits per heavy atom. The molecule has 1 aliphatic heterocycles. The fraction of sp³-hybridized carbons (Fsp3) is 0.900. The number of amides is 1. The second-order valence-corrected chi connectivity index (χ2v) is 3.74. The van der Waals surface area contributed by atoms with Crippen LogP contribution in [-0.2, 0) is 14.3 Å². The van der Waals surface area contributed by atoms with Gasteiger partial charge in [0, 0.05) is 26.8 Å². The molecule has 0 bridgehead atoms. The molecule has 2 atom stereocenters. The van der Waals surface area contributed by atoms with Crippen molar-refractivity contribution in [1.82, 2.24) is 10.6 Å². The van der Waals surface area contributed by atoms with Crippen LogP contribution in [0.1, 0.15) is 6.42 Å². The zero-order valence-corrected chi connectivity index (χ0v) is 9.57. The Balaban J connectivity index is 2.33. The first kappa shape index (κ1) is 13.4. The molecule has 0 saturated carbocycles. The van der Waals surface area contributed by atoms with Crippen LogP contribution < -0.4 is 10.6 Å². The second kappa shape index (κ2) is 7.56. The van der Waals surface area contributed by atoms with Crippen LogP contribution in [0.5, 0.6) is 0 Å². The minimum absolute atomic E-state index is 0.0259. The highest BCUT2D eigenvalue weighted by molar-refractivity contribution is 5.81. The number of hydrogen-bond acceptors (Lipinski definition) is 5. The standard InChI is InChI=1S/C10H20N2O4/c1-15-7-8(2-4-13)12-10(14)9-6-11-3-5-16-9/h8-9,11,13H,2-7H2,1H3,(H,12,14). The topological polar surface area (TPSA) is 79.8 Å². The van der Waals surface area contributed by atoms with Gasteiger partial charge in [-0.05, 0) is 6.42 Å². The Kier molecular flexibility index (Phi) is 6.32. The van der Waals surface area contributed by atoms with Crippen LogP contribution in [0, 0.1) is 0 Å². The van der Waals surface area contributed by atoms with Crippen molar-refractivity contribution >= 4 is 5.91 Å². The van der Waals surface area contributed by atoms with E-state index < -0.39 is 6.10 Å². The van der Waals surface area contributed by atoms with E-state index in [1.807, 2.05) is 0 Å². The van der Waals surface area contributed by atoms with Crippen LogP contribution in [0.4, 0.5) is 0 Å². The average molecular weight is 232 g/mol. The zero-order chi connectivity index (χ0) is 11.8. The lowest BCUT2D eigenvalue weighted by Crippen LogP contribution is -2.51. The summed E-state index contributed by atoms with van der Waals surface area (Å²) in [5.41, 5.74) is 0. The number of hydrogen-bond donors (Lipinski definition) is 3. The van der Waals surface area contributed by atoms with E-state index >= 15 is 0 Å². The zero-order valence-electron chi connectivity index (χ0n) is 9.57. The summed E-state index contributed by atoms with van der Waals surface area (Å²) >= 11 is 0. The molecule has 1 rings (SSSR count). The third kappa shape index (κ3) is 4.44. The smallest absolute Gasteiger partial charge is 0.250 e. The maximum absolute atomic E-state index is 11.7. The Morgan fingerprint density at radius 1 is 1.75 bits per heavy atom. The van der Waals surface area contributed by atoms with Gasteiger partial charge in [0.15, 0.2) is 0 Å². The minimum atomic E-state index is -0.438. The van der Waals surface area contributed by atoms with Gasteiger partial charge >= 0.3 is 0 Å². The fourth-order valence-electron chi connectivity index (χ4n) is 1.58. The molecule has 1 amide bonds. The summed E-state index contributed by atoms with van der Waals surface area (Å²) in [6.45, 7) is 2.28. The van der Waals surface area contributed by atoms with Gasteiger partial charge in [-0.2, -0.15) is 0 Å². The van der Waals surface area contributed by atoms with E-state index in [4.69, 9.17) is 14.6 Å². The van der Waals surface area contributed by atoms with E-state index in [9.17, 15) is 4.79 Å². The quantitative estimate of drug-likeness (QED) is 0.519. The minimum Gasteiger partial charge on any atom is -0.396 e. The molecule has 0 spiro atoms. The Hall–Kier alpha value is -0.690. The van der Waals surface area contributed by atoms with E-state index in [1.165, 1.54) is 0 Å². The number of nitrogens with one attached hydrogen (secondary N) is 2. The third-order valence-electron chi connectivity index (χ3n) is 2.41. The number of carbonyl (C=O) groups is 1. The third-order valence-corrected chi connectivity index (χ3v) is 2.41. The molecule has 6 nitrogen and oxygen atoms in total. The monoisotopic (exact) mass is 232 g/mol. The van der Waals surface area contributed by atoms with E-state index in [-0.39, 0.29) is 18.6 Å². The van der Waals surface area contributed by atoms with Gasteiger partial charge in [0.1, 0.15) is 6.10 Å². The molecule has 1 aliphatic rings. The highest BCUT2D eigenvalue weighted by Crippen LogP contribution is 1.99. The lowest BCUT2D eigenvalue weighted by atomic mass is 10.2. The van der Waals surface area contributed by atoms with E-state index in [0.717, 1.165) is 6.54 Å². The normalized spacial score (nSPS) is 22.8. The van der Waals surface area contributed by atoms with Crippen molar-refractivity contribution in [3.63, 3.8) is 0 Å².